The minimum absolute atomic E-state index is 0.0895. The SMILES string of the molecule is CCNC(=O)N1CCC[C@@H](CCc2ccc(OC)cc2)C1. The molecule has 116 valence electrons. The molecule has 0 aliphatic carbocycles. The van der Waals surface area contributed by atoms with Gasteiger partial charge in [0.05, 0.1) is 7.11 Å². The van der Waals surface area contributed by atoms with Crippen LogP contribution in [0.15, 0.2) is 24.3 Å². The van der Waals surface area contributed by atoms with E-state index < -0.39 is 0 Å². The normalized spacial score (nSPS) is 18.4. The summed E-state index contributed by atoms with van der Waals surface area (Å²) in [4.78, 5) is 13.9. The second-order valence-electron chi connectivity index (χ2n) is 5.68. The summed E-state index contributed by atoms with van der Waals surface area (Å²) in [5.41, 5.74) is 1.34. The van der Waals surface area contributed by atoms with Crippen molar-refractivity contribution in [1.82, 2.24) is 10.2 Å². The van der Waals surface area contributed by atoms with Crippen molar-refractivity contribution in [3.05, 3.63) is 29.8 Å². The van der Waals surface area contributed by atoms with E-state index in [4.69, 9.17) is 4.74 Å². The number of carbonyl (C=O) groups excluding carboxylic acids is 1. The minimum Gasteiger partial charge on any atom is -0.497 e. The number of urea groups is 1. The molecule has 21 heavy (non-hydrogen) atoms. The summed E-state index contributed by atoms with van der Waals surface area (Å²) in [7, 11) is 1.69. The molecule has 2 amide bonds. The van der Waals surface area contributed by atoms with Gasteiger partial charge in [-0.2, -0.15) is 0 Å². The molecule has 1 N–H and O–H groups in total. The van der Waals surface area contributed by atoms with Gasteiger partial charge in [-0.25, -0.2) is 4.79 Å². The summed E-state index contributed by atoms with van der Waals surface area (Å²) in [5, 5.41) is 2.90. The summed E-state index contributed by atoms with van der Waals surface area (Å²) in [6.07, 6.45) is 4.55. The Bertz CT molecular complexity index is 445. The number of nitrogens with zero attached hydrogens (tertiary/aromatic N) is 1. The highest BCUT2D eigenvalue weighted by Gasteiger charge is 2.22. The molecule has 1 heterocycles. The van der Waals surface area contributed by atoms with E-state index in [-0.39, 0.29) is 6.03 Å². The van der Waals surface area contributed by atoms with E-state index in [1.54, 1.807) is 7.11 Å². The Balaban J connectivity index is 1.80. The minimum atomic E-state index is 0.0895. The Morgan fingerprint density at radius 3 is 2.81 bits per heavy atom. The van der Waals surface area contributed by atoms with Crippen LogP contribution in [-0.2, 0) is 6.42 Å². The summed E-state index contributed by atoms with van der Waals surface area (Å²) < 4.78 is 5.18. The number of benzene rings is 1. The van der Waals surface area contributed by atoms with Crippen molar-refractivity contribution in [2.24, 2.45) is 5.92 Å². The molecular formula is C17H26N2O2. The van der Waals surface area contributed by atoms with Crippen LogP contribution < -0.4 is 10.1 Å². The molecule has 0 unspecified atom stereocenters. The number of aryl methyl sites for hydroxylation is 1. The van der Waals surface area contributed by atoms with E-state index in [0.29, 0.717) is 12.5 Å². The third-order valence-corrected chi connectivity index (χ3v) is 4.13. The molecule has 0 aromatic heterocycles. The molecule has 1 fully saturated rings. The van der Waals surface area contributed by atoms with Crippen molar-refractivity contribution in [3.8, 4) is 5.75 Å². The van der Waals surface area contributed by atoms with Crippen LogP contribution in [0.2, 0.25) is 0 Å². The van der Waals surface area contributed by atoms with Gasteiger partial charge < -0.3 is 15.0 Å². The topological polar surface area (TPSA) is 41.6 Å². The molecule has 0 radical (unpaired) electrons. The van der Waals surface area contributed by atoms with E-state index in [0.717, 1.165) is 38.1 Å². The smallest absolute Gasteiger partial charge is 0.317 e. The van der Waals surface area contributed by atoms with Crippen molar-refractivity contribution in [2.75, 3.05) is 26.7 Å². The van der Waals surface area contributed by atoms with E-state index in [2.05, 4.69) is 17.4 Å². The second-order valence-corrected chi connectivity index (χ2v) is 5.68. The third-order valence-electron chi connectivity index (χ3n) is 4.13. The number of hydrogen-bond donors (Lipinski definition) is 1. The number of piperidine rings is 1. The highest BCUT2D eigenvalue weighted by Crippen LogP contribution is 2.22. The molecule has 4 heteroatoms. The number of rotatable bonds is 5. The monoisotopic (exact) mass is 290 g/mol. The average molecular weight is 290 g/mol. The van der Waals surface area contributed by atoms with Gasteiger partial charge in [0.25, 0.3) is 0 Å². The van der Waals surface area contributed by atoms with Gasteiger partial charge in [-0.15, -0.1) is 0 Å². The maximum Gasteiger partial charge on any atom is 0.317 e. The average Bonchev–Trinajstić information content (AvgIpc) is 2.54. The zero-order valence-corrected chi connectivity index (χ0v) is 13.1. The number of amides is 2. The largest absolute Gasteiger partial charge is 0.497 e. The zero-order chi connectivity index (χ0) is 15.1. The molecule has 1 aromatic rings. The lowest BCUT2D eigenvalue weighted by Crippen LogP contribution is -2.45. The van der Waals surface area contributed by atoms with Crippen molar-refractivity contribution in [3.63, 3.8) is 0 Å². The van der Waals surface area contributed by atoms with Crippen LogP contribution >= 0.6 is 0 Å². The van der Waals surface area contributed by atoms with E-state index >= 15 is 0 Å². The van der Waals surface area contributed by atoms with E-state index in [1.165, 1.54) is 12.0 Å². The van der Waals surface area contributed by atoms with E-state index in [1.807, 2.05) is 24.0 Å². The number of carbonyl (C=O) groups is 1. The number of hydrogen-bond acceptors (Lipinski definition) is 2. The molecule has 1 aliphatic rings. The predicted molar refractivity (Wildman–Crippen MR) is 84.7 cm³/mol. The maximum absolute atomic E-state index is 11.9. The highest BCUT2D eigenvalue weighted by molar-refractivity contribution is 5.74. The molecule has 0 spiro atoms. The van der Waals surface area contributed by atoms with Crippen LogP contribution in [0.5, 0.6) is 5.75 Å². The first kappa shape index (κ1) is 15.7. The van der Waals surface area contributed by atoms with Gasteiger partial charge in [0.15, 0.2) is 0 Å². The standard InChI is InChI=1S/C17H26N2O2/c1-3-18-17(20)19-12-4-5-15(13-19)7-6-14-8-10-16(21-2)11-9-14/h8-11,15H,3-7,12-13H2,1-2H3,(H,18,20)/t15-/m0/s1. The lowest BCUT2D eigenvalue weighted by molar-refractivity contribution is 0.163. The first-order valence-electron chi connectivity index (χ1n) is 7.88. The lowest BCUT2D eigenvalue weighted by atomic mass is 9.92. The summed E-state index contributed by atoms with van der Waals surface area (Å²) in [6.45, 7) is 4.45. The first-order valence-corrected chi connectivity index (χ1v) is 7.88. The Hall–Kier alpha value is -1.71. The molecule has 0 bridgehead atoms. The molecule has 0 saturated carbocycles. The molecule has 4 nitrogen and oxygen atoms in total. The molecule has 1 atom stereocenters. The highest BCUT2D eigenvalue weighted by atomic mass is 16.5. The number of ether oxygens (including phenoxy) is 1. The summed E-state index contributed by atoms with van der Waals surface area (Å²) >= 11 is 0. The first-order chi connectivity index (χ1) is 10.2. The Morgan fingerprint density at radius 1 is 1.38 bits per heavy atom. The zero-order valence-electron chi connectivity index (χ0n) is 13.1. The number of likely N-dealkylation sites (tertiary alicyclic amines) is 1. The van der Waals surface area contributed by atoms with Gasteiger partial charge >= 0.3 is 6.03 Å². The molecular weight excluding hydrogens is 264 g/mol. The maximum atomic E-state index is 11.9. The van der Waals surface area contributed by atoms with Crippen LogP contribution in [0.1, 0.15) is 31.7 Å². The number of methoxy groups -OCH3 is 1. The quantitative estimate of drug-likeness (QED) is 0.905. The van der Waals surface area contributed by atoms with Crippen LogP contribution in [0.4, 0.5) is 4.79 Å². The fourth-order valence-corrected chi connectivity index (χ4v) is 2.91. The molecule has 1 aromatic carbocycles. The van der Waals surface area contributed by atoms with Crippen LogP contribution in [0, 0.1) is 5.92 Å². The van der Waals surface area contributed by atoms with Gasteiger partial charge in [-0.05, 0) is 56.2 Å². The molecule has 2 rings (SSSR count). The second kappa shape index (κ2) is 7.91. The fraction of sp³-hybridized carbons (Fsp3) is 0.588. The molecule has 1 aliphatic heterocycles. The van der Waals surface area contributed by atoms with Gasteiger partial charge in [-0.3, -0.25) is 0 Å². The van der Waals surface area contributed by atoms with Crippen molar-refractivity contribution in [2.45, 2.75) is 32.6 Å². The van der Waals surface area contributed by atoms with Crippen molar-refractivity contribution >= 4 is 6.03 Å². The van der Waals surface area contributed by atoms with Gasteiger partial charge in [0, 0.05) is 19.6 Å². The van der Waals surface area contributed by atoms with Gasteiger partial charge in [0.2, 0.25) is 0 Å². The van der Waals surface area contributed by atoms with Gasteiger partial charge in [0.1, 0.15) is 5.75 Å². The van der Waals surface area contributed by atoms with Crippen molar-refractivity contribution in [1.29, 1.82) is 0 Å². The van der Waals surface area contributed by atoms with E-state index in [9.17, 15) is 4.79 Å². The summed E-state index contributed by atoms with van der Waals surface area (Å²) in [5.74, 6) is 1.52. The Kier molecular flexibility index (Phi) is 5.90. The summed E-state index contributed by atoms with van der Waals surface area (Å²) in [6, 6.07) is 8.37. The van der Waals surface area contributed by atoms with Gasteiger partial charge in [-0.1, -0.05) is 12.1 Å². The van der Waals surface area contributed by atoms with Crippen LogP contribution in [-0.4, -0.2) is 37.7 Å². The molecule has 1 saturated heterocycles. The van der Waals surface area contributed by atoms with Crippen LogP contribution in [0.3, 0.4) is 0 Å². The Labute approximate surface area is 127 Å². The lowest BCUT2D eigenvalue weighted by Gasteiger charge is -2.32. The predicted octanol–water partition coefficient (Wildman–Crippen LogP) is 3.07. The Morgan fingerprint density at radius 2 is 2.14 bits per heavy atom. The third kappa shape index (κ3) is 4.66. The fourth-order valence-electron chi connectivity index (χ4n) is 2.91. The van der Waals surface area contributed by atoms with Crippen LogP contribution in [0.25, 0.3) is 0 Å². The van der Waals surface area contributed by atoms with Crippen molar-refractivity contribution < 1.29 is 9.53 Å². The number of nitrogens with one attached hydrogen (secondary N) is 1.